The van der Waals surface area contributed by atoms with E-state index < -0.39 is 0 Å². The molecule has 0 saturated heterocycles. The van der Waals surface area contributed by atoms with Crippen molar-refractivity contribution in [2.45, 2.75) is 25.7 Å². The monoisotopic (exact) mass is 262 g/mol. The fraction of sp³-hybridized carbons (Fsp3) is 0.467. The Labute approximate surface area is 113 Å². The summed E-state index contributed by atoms with van der Waals surface area (Å²) in [5.74, 6) is 0. The van der Waals surface area contributed by atoms with Gasteiger partial charge in [0.1, 0.15) is 0 Å². The molecule has 1 aromatic heterocycles. The van der Waals surface area contributed by atoms with Gasteiger partial charge in [-0.05, 0) is 41.9 Å². The average molecular weight is 262 g/mol. The van der Waals surface area contributed by atoms with E-state index in [1.54, 1.807) is 0 Å². The van der Waals surface area contributed by atoms with Crippen molar-refractivity contribution in [2.24, 2.45) is 5.73 Å². The molecule has 0 saturated carbocycles. The van der Waals surface area contributed by atoms with Gasteiger partial charge in [-0.25, -0.2) is 0 Å². The van der Waals surface area contributed by atoms with E-state index >= 15 is 0 Å². The van der Waals surface area contributed by atoms with E-state index in [1.807, 2.05) is 11.3 Å². The van der Waals surface area contributed by atoms with Crippen molar-refractivity contribution in [2.75, 3.05) is 19.6 Å². The second-order valence-corrected chi connectivity index (χ2v) is 6.26. The van der Waals surface area contributed by atoms with Gasteiger partial charge in [-0.15, -0.1) is 11.3 Å². The predicted molar refractivity (Wildman–Crippen MR) is 81.4 cm³/mol. The standard InChI is InChI=1S/C15H22N2S/c1-15(2,11-17-9-5-8-16)13-10-18-14-7-4-3-6-12(13)14/h3-4,6-7,10,17H,5,8-9,11,16H2,1-2H3. The van der Waals surface area contributed by atoms with Crippen molar-refractivity contribution in [1.29, 1.82) is 0 Å². The zero-order valence-corrected chi connectivity index (χ0v) is 12.0. The van der Waals surface area contributed by atoms with Crippen molar-refractivity contribution in [1.82, 2.24) is 5.32 Å². The van der Waals surface area contributed by atoms with Crippen LogP contribution in [0.3, 0.4) is 0 Å². The molecule has 0 atom stereocenters. The topological polar surface area (TPSA) is 38.0 Å². The lowest BCUT2D eigenvalue weighted by atomic mass is 9.84. The highest BCUT2D eigenvalue weighted by Gasteiger charge is 2.23. The molecule has 0 aliphatic carbocycles. The molecule has 98 valence electrons. The molecule has 1 heterocycles. The van der Waals surface area contributed by atoms with Gasteiger partial charge >= 0.3 is 0 Å². The highest BCUT2D eigenvalue weighted by molar-refractivity contribution is 7.17. The molecule has 1 aromatic carbocycles. The number of thiophene rings is 1. The summed E-state index contributed by atoms with van der Waals surface area (Å²) >= 11 is 1.84. The van der Waals surface area contributed by atoms with E-state index in [-0.39, 0.29) is 5.41 Å². The van der Waals surface area contributed by atoms with Crippen molar-refractivity contribution in [3.63, 3.8) is 0 Å². The minimum absolute atomic E-state index is 0.161. The lowest BCUT2D eigenvalue weighted by Gasteiger charge is -2.25. The summed E-state index contributed by atoms with van der Waals surface area (Å²) in [6.07, 6.45) is 1.04. The Hall–Kier alpha value is -0.900. The molecule has 2 nitrogen and oxygen atoms in total. The SMILES string of the molecule is CC(C)(CNCCCN)c1csc2ccccc12. The Morgan fingerprint density at radius 3 is 2.83 bits per heavy atom. The second kappa shape index (κ2) is 5.83. The van der Waals surface area contributed by atoms with Gasteiger partial charge in [0.2, 0.25) is 0 Å². The molecule has 0 unspecified atom stereocenters. The third kappa shape index (κ3) is 2.91. The van der Waals surface area contributed by atoms with Crippen molar-refractivity contribution < 1.29 is 0 Å². The van der Waals surface area contributed by atoms with Crippen molar-refractivity contribution >= 4 is 21.4 Å². The number of hydrogen-bond acceptors (Lipinski definition) is 3. The van der Waals surface area contributed by atoms with Crippen LogP contribution in [0.15, 0.2) is 29.6 Å². The molecule has 3 heteroatoms. The molecule has 0 aliphatic heterocycles. The molecule has 0 aliphatic rings. The van der Waals surface area contributed by atoms with E-state index in [9.17, 15) is 0 Å². The first-order valence-electron chi connectivity index (χ1n) is 6.52. The Morgan fingerprint density at radius 1 is 1.28 bits per heavy atom. The molecule has 0 radical (unpaired) electrons. The van der Waals surface area contributed by atoms with E-state index in [0.717, 1.165) is 26.1 Å². The quantitative estimate of drug-likeness (QED) is 0.785. The van der Waals surface area contributed by atoms with Crippen molar-refractivity contribution in [3.05, 3.63) is 35.2 Å². The van der Waals surface area contributed by atoms with Gasteiger partial charge in [-0.1, -0.05) is 32.0 Å². The van der Waals surface area contributed by atoms with Crippen LogP contribution in [0, 0.1) is 0 Å². The normalized spacial score (nSPS) is 12.2. The Bertz CT molecular complexity index is 502. The third-order valence-electron chi connectivity index (χ3n) is 3.33. The summed E-state index contributed by atoms with van der Waals surface area (Å²) in [7, 11) is 0. The first kappa shape index (κ1) is 13.5. The highest BCUT2D eigenvalue weighted by Crippen LogP contribution is 2.34. The van der Waals surface area contributed by atoms with Crippen LogP contribution in [0.25, 0.3) is 10.1 Å². The zero-order valence-electron chi connectivity index (χ0n) is 11.2. The summed E-state index contributed by atoms with van der Waals surface area (Å²) in [6.45, 7) is 7.36. The minimum atomic E-state index is 0.161. The fourth-order valence-corrected chi connectivity index (χ4v) is 3.38. The van der Waals surface area contributed by atoms with Crippen LogP contribution >= 0.6 is 11.3 Å². The Kier molecular flexibility index (Phi) is 4.38. The van der Waals surface area contributed by atoms with E-state index in [0.29, 0.717) is 0 Å². The summed E-state index contributed by atoms with van der Waals surface area (Å²) in [6, 6.07) is 8.65. The molecular weight excluding hydrogens is 240 g/mol. The number of nitrogens with two attached hydrogens (primary N) is 1. The first-order valence-corrected chi connectivity index (χ1v) is 7.40. The molecule has 0 amide bonds. The van der Waals surface area contributed by atoms with Crippen LogP contribution in [0.4, 0.5) is 0 Å². The summed E-state index contributed by atoms with van der Waals surface area (Å²) in [4.78, 5) is 0. The van der Waals surface area contributed by atoms with Crippen molar-refractivity contribution in [3.8, 4) is 0 Å². The first-order chi connectivity index (χ1) is 8.65. The van der Waals surface area contributed by atoms with Crippen LogP contribution in [-0.2, 0) is 5.41 Å². The predicted octanol–water partition coefficient (Wildman–Crippen LogP) is 3.12. The zero-order chi connectivity index (χ0) is 13.0. The molecule has 0 spiro atoms. The van der Waals surface area contributed by atoms with E-state index in [2.05, 4.69) is 48.8 Å². The number of fused-ring (bicyclic) bond motifs is 1. The van der Waals surface area contributed by atoms with E-state index in [4.69, 9.17) is 5.73 Å². The maximum atomic E-state index is 5.51. The Balaban J connectivity index is 2.13. The number of benzene rings is 1. The molecule has 0 fully saturated rings. The van der Waals surface area contributed by atoms with Gasteiger partial charge in [0.25, 0.3) is 0 Å². The lowest BCUT2D eigenvalue weighted by Crippen LogP contribution is -2.33. The number of nitrogens with one attached hydrogen (secondary N) is 1. The van der Waals surface area contributed by atoms with Crippen LogP contribution in [-0.4, -0.2) is 19.6 Å². The van der Waals surface area contributed by atoms with Gasteiger partial charge in [-0.3, -0.25) is 0 Å². The smallest absolute Gasteiger partial charge is 0.0345 e. The molecule has 2 rings (SSSR count). The lowest BCUT2D eigenvalue weighted by molar-refractivity contribution is 0.471. The highest BCUT2D eigenvalue weighted by atomic mass is 32.1. The number of hydrogen-bond donors (Lipinski definition) is 2. The largest absolute Gasteiger partial charge is 0.330 e. The maximum absolute atomic E-state index is 5.51. The summed E-state index contributed by atoms with van der Waals surface area (Å²) < 4.78 is 1.38. The van der Waals surface area contributed by atoms with Gasteiger partial charge in [-0.2, -0.15) is 0 Å². The molecular formula is C15H22N2S. The fourth-order valence-electron chi connectivity index (χ4n) is 2.23. The summed E-state index contributed by atoms with van der Waals surface area (Å²) in [5, 5.41) is 7.20. The van der Waals surface area contributed by atoms with Gasteiger partial charge < -0.3 is 11.1 Å². The molecule has 2 aromatic rings. The van der Waals surface area contributed by atoms with E-state index in [1.165, 1.54) is 15.6 Å². The second-order valence-electron chi connectivity index (χ2n) is 5.35. The average Bonchev–Trinajstić information content (AvgIpc) is 2.79. The van der Waals surface area contributed by atoms with Gasteiger partial charge in [0.15, 0.2) is 0 Å². The van der Waals surface area contributed by atoms with Gasteiger partial charge in [0.05, 0.1) is 0 Å². The maximum Gasteiger partial charge on any atom is 0.0345 e. The molecule has 18 heavy (non-hydrogen) atoms. The minimum Gasteiger partial charge on any atom is -0.330 e. The molecule has 0 bridgehead atoms. The van der Waals surface area contributed by atoms with Crippen LogP contribution in [0.2, 0.25) is 0 Å². The van der Waals surface area contributed by atoms with Gasteiger partial charge in [0, 0.05) is 16.7 Å². The number of rotatable bonds is 6. The summed E-state index contributed by atoms with van der Waals surface area (Å²) in [5.41, 5.74) is 7.12. The van der Waals surface area contributed by atoms with Crippen LogP contribution in [0.5, 0.6) is 0 Å². The Morgan fingerprint density at radius 2 is 2.06 bits per heavy atom. The van der Waals surface area contributed by atoms with Crippen LogP contribution in [0.1, 0.15) is 25.8 Å². The third-order valence-corrected chi connectivity index (χ3v) is 4.30. The molecule has 3 N–H and O–H groups in total. The van der Waals surface area contributed by atoms with Crippen LogP contribution < -0.4 is 11.1 Å².